The lowest BCUT2D eigenvalue weighted by Gasteiger charge is -2.13. The molecule has 0 saturated heterocycles. The number of nitrogens with zero attached hydrogens (tertiary/aromatic N) is 1. The van der Waals surface area contributed by atoms with Crippen LogP contribution in [-0.2, 0) is 13.1 Å². The van der Waals surface area contributed by atoms with Crippen LogP contribution in [-0.4, -0.2) is 14.1 Å². The zero-order valence-corrected chi connectivity index (χ0v) is 11.7. The zero-order valence-electron chi connectivity index (χ0n) is 11.7. The normalized spacial score (nSPS) is 10.6. The average Bonchev–Trinajstić information content (AvgIpc) is 2.43. The number of anilines is 1. The summed E-state index contributed by atoms with van der Waals surface area (Å²) in [4.78, 5) is 2.04. The summed E-state index contributed by atoms with van der Waals surface area (Å²) in [6, 6.07) is 12.2. The Kier molecular flexibility index (Phi) is 4.69. The largest absolute Gasteiger partial charge is 0.378 e. The quantitative estimate of drug-likeness (QED) is 0.901. The molecule has 2 rings (SSSR count). The second-order valence-corrected chi connectivity index (χ2v) is 4.91. The van der Waals surface area contributed by atoms with Crippen molar-refractivity contribution in [1.82, 2.24) is 5.32 Å². The van der Waals surface area contributed by atoms with Crippen molar-refractivity contribution in [2.45, 2.75) is 13.1 Å². The molecule has 0 spiro atoms. The van der Waals surface area contributed by atoms with Gasteiger partial charge in [-0.3, -0.25) is 0 Å². The topological polar surface area (TPSA) is 15.3 Å². The van der Waals surface area contributed by atoms with E-state index in [9.17, 15) is 8.78 Å². The summed E-state index contributed by atoms with van der Waals surface area (Å²) < 4.78 is 25.8. The third kappa shape index (κ3) is 3.78. The highest BCUT2D eigenvalue weighted by atomic mass is 19.2. The molecular formula is C16H18F2N2. The zero-order chi connectivity index (χ0) is 14.5. The van der Waals surface area contributed by atoms with Crippen LogP contribution in [0.15, 0.2) is 42.5 Å². The van der Waals surface area contributed by atoms with E-state index in [4.69, 9.17) is 0 Å². The third-order valence-corrected chi connectivity index (χ3v) is 3.09. The molecule has 0 aliphatic rings. The van der Waals surface area contributed by atoms with Gasteiger partial charge in [-0.25, -0.2) is 8.78 Å². The van der Waals surface area contributed by atoms with Gasteiger partial charge in [0, 0.05) is 32.9 Å². The van der Waals surface area contributed by atoms with Gasteiger partial charge >= 0.3 is 0 Å². The predicted octanol–water partition coefficient (Wildman–Crippen LogP) is 3.32. The van der Waals surface area contributed by atoms with Gasteiger partial charge in [-0.05, 0) is 35.4 Å². The molecule has 0 fully saturated rings. The van der Waals surface area contributed by atoms with E-state index in [0.717, 1.165) is 22.9 Å². The fourth-order valence-corrected chi connectivity index (χ4v) is 1.91. The number of nitrogens with one attached hydrogen (secondary N) is 1. The number of hydrogen-bond donors (Lipinski definition) is 1. The Balaban J connectivity index is 1.87. The van der Waals surface area contributed by atoms with Gasteiger partial charge in [0.1, 0.15) is 0 Å². The van der Waals surface area contributed by atoms with Crippen LogP contribution < -0.4 is 10.2 Å². The Labute approximate surface area is 118 Å². The lowest BCUT2D eigenvalue weighted by atomic mass is 10.2. The maximum absolute atomic E-state index is 13.0. The van der Waals surface area contributed by atoms with Crippen LogP contribution in [0, 0.1) is 11.6 Å². The van der Waals surface area contributed by atoms with Crippen molar-refractivity contribution in [2.24, 2.45) is 0 Å². The van der Waals surface area contributed by atoms with Crippen molar-refractivity contribution < 1.29 is 8.78 Å². The summed E-state index contributed by atoms with van der Waals surface area (Å²) in [7, 11) is 3.99. The molecule has 0 aromatic heterocycles. The minimum Gasteiger partial charge on any atom is -0.378 e. The molecule has 106 valence electrons. The Hall–Kier alpha value is -1.94. The molecule has 2 aromatic carbocycles. The molecule has 0 aliphatic heterocycles. The van der Waals surface area contributed by atoms with Gasteiger partial charge < -0.3 is 10.2 Å². The van der Waals surface area contributed by atoms with Crippen LogP contribution in [0.2, 0.25) is 0 Å². The summed E-state index contributed by atoms with van der Waals surface area (Å²) in [5, 5.41) is 3.21. The molecule has 0 unspecified atom stereocenters. The van der Waals surface area contributed by atoms with Crippen molar-refractivity contribution >= 4 is 5.69 Å². The highest BCUT2D eigenvalue weighted by molar-refractivity contribution is 5.45. The van der Waals surface area contributed by atoms with E-state index in [-0.39, 0.29) is 0 Å². The van der Waals surface area contributed by atoms with Crippen molar-refractivity contribution in [1.29, 1.82) is 0 Å². The fourth-order valence-electron chi connectivity index (χ4n) is 1.91. The van der Waals surface area contributed by atoms with Crippen LogP contribution in [0.3, 0.4) is 0 Å². The smallest absolute Gasteiger partial charge is 0.159 e. The Morgan fingerprint density at radius 1 is 0.850 bits per heavy atom. The standard InChI is InChI=1S/C16H18F2N2/c1-20(2)14-6-3-12(4-7-14)10-19-11-13-5-8-15(17)16(18)9-13/h3-9,19H,10-11H2,1-2H3. The minimum absolute atomic E-state index is 0.507. The van der Waals surface area contributed by atoms with Crippen LogP contribution in [0.1, 0.15) is 11.1 Å². The molecule has 0 atom stereocenters. The summed E-state index contributed by atoms with van der Waals surface area (Å²) in [6.45, 7) is 1.19. The Morgan fingerprint density at radius 3 is 2.05 bits per heavy atom. The summed E-state index contributed by atoms with van der Waals surface area (Å²) in [6.07, 6.45) is 0. The molecule has 20 heavy (non-hydrogen) atoms. The summed E-state index contributed by atoms with van der Waals surface area (Å²) in [5.41, 5.74) is 3.03. The average molecular weight is 276 g/mol. The van der Waals surface area contributed by atoms with Crippen molar-refractivity contribution in [3.05, 3.63) is 65.2 Å². The summed E-state index contributed by atoms with van der Waals surface area (Å²) in [5.74, 6) is -1.62. The van der Waals surface area contributed by atoms with Gasteiger partial charge in [0.05, 0.1) is 0 Å². The Morgan fingerprint density at radius 2 is 1.45 bits per heavy atom. The van der Waals surface area contributed by atoms with Crippen LogP contribution in [0.5, 0.6) is 0 Å². The highest BCUT2D eigenvalue weighted by Crippen LogP contribution is 2.12. The second kappa shape index (κ2) is 6.48. The molecule has 0 radical (unpaired) electrons. The third-order valence-electron chi connectivity index (χ3n) is 3.09. The lowest BCUT2D eigenvalue weighted by Crippen LogP contribution is -2.13. The molecule has 2 nitrogen and oxygen atoms in total. The van der Waals surface area contributed by atoms with Crippen molar-refractivity contribution in [3.63, 3.8) is 0 Å². The number of halogens is 2. The first-order valence-corrected chi connectivity index (χ1v) is 6.47. The maximum Gasteiger partial charge on any atom is 0.159 e. The SMILES string of the molecule is CN(C)c1ccc(CNCc2ccc(F)c(F)c2)cc1. The van der Waals surface area contributed by atoms with E-state index in [0.29, 0.717) is 13.1 Å². The lowest BCUT2D eigenvalue weighted by molar-refractivity contribution is 0.506. The van der Waals surface area contributed by atoms with E-state index in [1.807, 2.05) is 31.1 Å². The first-order valence-electron chi connectivity index (χ1n) is 6.47. The predicted molar refractivity (Wildman–Crippen MR) is 77.7 cm³/mol. The molecule has 0 saturated carbocycles. The summed E-state index contributed by atoms with van der Waals surface area (Å²) >= 11 is 0. The monoisotopic (exact) mass is 276 g/mol. The van der Waals surface area contributed by atoms with Gasteiger partial charge in [-0.1, -0.05) is 18.2 Å². The van der Waals surface area contributed by atoms with Crippen molar-refractivity contribution in [3.8, 4) is 0 Å². The Bertz CT molecular complexity index is 565. The first-order chi connectivity index (χ1) is 9.56. The number of hydrogen-bond acceptors (Lipinski definition) is 2. The van der Waals surface area contributed by atoms with E-state index >= 15 is 0 Å². The molecule has 0 amide bonds. The molecule has 4 heteroatoms. The van der Waals surface area contributed by atoms with E-state index in [1.54, 1.807) is 6.07 Å². The van der Waals surface area contributed by atoms with E-state index < -0.39 is 11.6 Å². The molecule has 2 aromatic rings. The molecule has 0 heterocycles. The van der Waals surface area contributed by atoms with Gasteiger partial charge in [0.15, 0.2) is 11.6 Å². The first kappa shape index (κ1) is 14.5. The van der Waals surface area contributed by atoms with Crippen LogP contribution >= 0.6 is 0 Å². The number of benzene rings is 2. The molecule has 1 N–H and O–H groups in total. The minimum atomic E-state index is -0.812. The molecule has 0 aliphatic carbocycles. The maximum atomic E-state index is 13.0. The van der Waals surface area contributed by atoms with Crippen LogP contribution in [0.25, 0.3) is 0 Å². The van der Waals surface area contributed by atoms with Crippen LogP contribution in [0.4, 0.5) is 14.5 Å². The molecule has 0 bridgehead atoms. The van der Waals surface area contributed by atoms with Gasteiger partial charge in [-0.2, -0.15) is 0 Å². The molecular weight excluding hydrogens is 258 g/mol. The van der Waals surface area contributed by atoms with Gasteiger partial charge in [0.2, 0.25) is 0 Å². The van der Waals surface area contributed by atoms with Gasteiger partial charge in [0.25, 0.3) is 0 Å². The highest BCUT2D eigenvalue weighted by Gasteiger charge is 2.02. The fraction of sp³-hybridized carbons (Fsp3) is 0.250. The van der Waals surface area contributed by atoms with Gasteiger partial charge in [-0.15, -0.1) is 0 Å². The van der Waals surface area contributed by atoms with E-state index in [1.165, 1.54) is 6.07 Å². The number of rotatable bonds is 5. The van der Waals surface area contributed by atoms with Crippen molar-refractivity contribution in [2.75, 3.05) is 19.0 Å². The van der Waals surface area contributed by atoms with E-state index in [2.05, 4.69) is 17.4 Å². The second-order valence-electron chi connectivity index (χ2n) is 4.91.